The first-order valence-corrected chi connectivity index (χ1v) is 10.8. The average Bonchev–Trinajstić information content (AvgIpc) is 2.52. The standard InChI is InChI=1S/C17H35N3O2S/c1-5-23(21,22)18(4)17-6-8-19(9-7-17)10-11-20-13-15(2)12-16(3)14-20/h15-17H,5-14H2,1-4H3/t15-,16-/m0/s1. The second-order valence-electron chi connectivity index (χ2n) is 7.70. The minimum atomic E-state index is -3.05. The van der Waals surface area contributed by atoms with Gasteiger partial charge in [0, 0.05) is 39.3 Å². The summed E-state index contributed by atoms with van der Waals surface area (Å²) in [6, 6.07) is 0.186. The number of rotatable bonds is 6. The van der Waals surface area contributed by atoms with Crippen molar-refractivity contribution < 1.29 is 8.42 Å². The van der Waals surface area contributed by atoms with Crippen molar-refractivity contribution in [2.75, 3.05) is 52.1 Å². The van der Waals surface area contributed by atoms with Crippen LogP contribution in [0.5, 0.6) is 0 Å². The smallest absolute Gasteiger partial charge is 0.213 e. The lowest BCUT2D eigenvalue weighted by molar-refractivity contribution is 0.107. The molecule has 2 aliphatic heterocycles. The van der Waals surface area contributed by atoms with E-state index < -0.39 is 10.0 Å². The highest BCUT2D eigenvalue weighted by Crippen LogP contribution is 2.21. The fourth-order valence-corrected chi connectivity index (χ4v) is 5.27. The van der Waals surface area contributed by atoms with Gasteiger partial charge >= 0.3 is 0 Å². The lowest BCUT2D eigenvalue weighted by atomic mass is 9.92. The lowest BCUT2D eigenvalue weighted by Gasteiger charge is -2.39. The van der Waals surface area contributed by atoms with E-state index in [0.717, 1.165) is 50.9 Å². The van der Waals surface area contributed by atoms with Crippen LogP contribution >= 0.6 is 0 Å². The summed E-state index contributed by atoms with van der Waals surface area (Å²) in [4.78, 5) is 5.12. The van der Waals surface area contributed by atoms with Crippen molar-refractivity contribution in [1.82, 2.24) is 14.1 Å². The summed E-state index contributed by atoms with van der Waals surface area (Å²) >= 11 is 0. The molecule has 2 rings (SSSR count). The van der Waals surface area contributed by atoms with Gasteiger partial charge in [0.1, 0.15) is 0 Å². The topological polar surface area (TPSA) is 43.9 Å². The van der Waals surface area contributed by atoms with Crippen molar-refractivity contribution >= 4 is 10.0 Å². The predicted molar refractivity (Wildman–Crippen MR) is 96.1 cm³/mol. The summed E-state index contributed by atoms with van der Waals surface area (Å²) in [6.07, 6.45) is 3.28. The van der Waals surface area contributed by atoms with Gasteiger partial charge in [0.15, 0.2) is 0 Å². The molecule has 0 aromatic heterocycles. The van der Waals surface area contributed by atoms with E-state index in [0.29, 0.717) is 0 Å². The quantitative estimate of drug-likeness (QED) is 0.735. The van der Waals surface area contributed by atoms with Gasteiger partial charge in [-0.25, -0.2) is 12.7 Å². The number of hydrogen-bond acceptors (Lipinski definition) is 4. The molecular weight excluding hydrogens is 310 g/mol. The molecule has 2 fully saturated rings. The number of sulfonamides is 1. The van der Waals surface area contributed by atoms with Crippen LogP contribution in [0.1, 0.15) is 40.0 Å². The lowest BCUT2D eigenvalue weighted by Crippen LogP contribution is -2.48. The average molecular weight is 346 g/mol. The van der Waals surface area contributed by atoms with Crippen molar-refractivity contribution in [3.63, 3.8) is 0 Å². The molecule has 0 saturated carbocycles. The molecule has 136 valence electrons. The fraction of sp³-hybridized carbons (Fsp3) is 1.00. The van der Waals surface area contributed by atoms with Crippen LogP contribution in [-0.2, 0) is 10.0 Å². The number of piperidine rings is 2. The zero-order valence-electron chi connectivity index (χ0n) is 15.4. The van der Waals surface area contributed by atoms with E-state index in [1.165, 1.54) is 19.5 Å². The van der Waals surface area contributed by atoms with Gasteiger partial charge in [0.05, 0.1) is 5.75 Å². The number of hydrogen-bond donors (Lipinski definition) is 0. The molecule has 2 saturated heterocycles. The Bertz CT molecular complexity index is 450. The van der Waals surface area contributed by atoms with Crippen LogP contribution in [0.4, 0.5) is 0 Å². The molecule has 6 heteroatoms. The molecular formula is C17H35N3O2S. The van der Waals surface area contributed by atoms with Crippen molar-refractivity contribution in [3.05, 3.63) is 0 Å². The van der Waals surface area contributed by atoms with Gasteiger partial charge in [0.2, 0.25) is 10.0 Å². The Morgan fingerprint density at radius 3 is 2.04 bits per heavy atom. The Labute approximate surface area is 143 Å². The highest BCUT2D eigenvalue weighted by molar-refractivity contribution is 7.89. The summed E-state index contributed by atoms with van der Waals surface area (Å²) in [5.74, 6) is 1.84. The maximum Gasteiger partial charge on any atom is 0.213 e. The summed E-state index contributed by atoms with van der Waals surface area (Å²) in [6.45, 7) is 13.2. The molecule has 0 amide bonds. The van der Waals surface area contributed by atoms with Crippen molar-refractivity contribution in [2.45, 2.75) is 46.1 Å². The third kappa shape index (κ3) is 5.41. The Morgan fingerprint density at radius 1 is 1.00 bits per heavy atom. The zero-order chi connectivity index (χ0) is 17.0. The molecule has 0 aliphatic carbocycles. The second kappa shape index (κ2) is 8.28. The minimum absolute atomic E-state index is 0.186. The van der Waals surface area contributed by atoms with E-state index in [-0.39, 0.29) is 11.8 Å². The molecule has 0 radical (unpaired) electrons. The Hall–Kier alpha value is -0.170. The van der Waals surface area contributed by atoms with Gasteiger partial charge in [-0.2, -0.15) is 0 Å². The van der Waals surface area contributed by atoms with Gasteiger partial charge < -0.3 is 9.80 Å². The Kier molecular flexibility index (Phi) is 6.89. The third-order valence-electron chi connectivity index (χ3n) is 5.55. The first kappa shape index (κ1) is 19.2. The van der Waals surface area contributed by atoms with Crippen molar-refractivity contribution in [3.8, 4) is 0 Å². The van der Waals surface area contributed by atoms with E-state index in [2.05, 4.69) is 23.6 Å². The molecule has 2 atom stereocenters. The maximum absolute atomic E-state index is 12.0. The van der Waals surface area contributed by atoms with E-state index >= 15 is 0 Å². The van der Waals surface area contributed by atoms with Crippen LogP contribution in [0.3, 0.4) is 0 Å². The summed E-state index contributed by atoms with van der Waals surface area (Å²) in [7, 11) is -1.30. The molecule has 5 nitrogen and oxygen atoms in total. The zero-order valence-corrected chi connectivity index (χ0v) is 16.2. The van der Waals surface area contributed by atoms with Gasteiger partial charge in [-0.3, -0.25) is 0 Å². The van der Waals surface area contributed by atoms with Crippen LogP contribution in [-0.4, -0.2) is 80.6 Å². The number of likely N-dealkylation sites (tertiary alicyclic amines) is 2. The van der Waals surface area contributed by atoms with Crippen molar-refractivity contribution in [2.24, 2.45) is 11.8 Å². The van der Waals surface area contributed by atoms with Gasteiger partial charge in [0.25, 0.3) is 0 Å². The third-order valence-corrected chi connectivity index (χ3v) is 7.46. The SMILES string of the molecule is CCS(=O)(=O)N(C)C1CCN(CCN2C[C@@H](C)C[C@H](C)C2)CC1. The molecule has 2 heterocycles. The first-order valence-electron chi connectivity index (χ1n) is 9.22. The van der Waals surface area contributed by atoms with Crippen molar-refractivity contribution in [1.29, 1.82) is 0 Å². The minimum Gasteiger partial charge on any atom is -0.302 e. The van der Waals surface area contributed by atoms with Gasteiger partial charge in [-0.05, 0) is 51.1 Å². The highest BCUT2D eigenvalue weighted by Gasteiger charge is 2.29. The molecule has 0 unspecified atom stereocenters. The van der Waals surface area contributed by atoms with Gasteiger partial charge in [-0.15, -0.1) is 0 Å². The molecule has 2 aliphatic rings. The van der Waals surface area contributed by atoms with E-state index in [1.54, 1.807) is 18.3 Å². The first-order chi connectivity index (χ1) is 10.8. The predicted octanol–water partition coefficient (Wildman–Crippen LogP) is 1.71. The molecule has 0 N–H and O–H groups in total. The molecule has 23 heavy (non-hydrogen) atoms. The van der Waals surface area contributed by atoms with Crippen LogP contribution in [0.15, 0.2) is 0 Å². The largest absolute Gasteiger partial charge is 0.302 e. The Morgan fingerprint density at radius 2 is 1.52 bits per heavy atom. The molecule has 0 aromatic rings. The maximum atomic E-state index is 12.0. The summed E-state index contributed by atoms with van der Waals surface area (Å²) < 4.78 is 25.6. The van der Waals surface area contributed by atoms with Crippen LogP contribution in [0.25, 0.3) is 0 Å². The highest BCUT2D eigenvalue weighted by atomic mass is 32.2. The van der Waals surface area contributed by atoms with E-state index in [4.69, 9.17) is 0 Å². The normalized spacial score (nSPS) is 29.3. The Balaban J connectivity index is 1.73. The molecule has 0 spiro atoms. The van der Waals surface area contributed by atoms with Crippen LogP contribution < -0.4 is 0 Å². The second-order valence-corrected chi connectivity index (χ2v) is 10.0. The van der Waals surface area contributed by atoms with Crippen LogP contribution in [0.2, 0.25) is 0 Å². The van der Waals surface area contributed by atoms with E-state index in [9.17, 15) is 8.42 Å². The summed E-state index contributed by atoms with van der Waals surface area (Å²) in [5.41, 5.74) is 0. The van der Waals surface area contributed by atoms with Gasteiger partial charge in [-0.1, -0.05) is 13.8 Å². The monoisotopic (exact) mass is 345 g/mol. The number of nitrogens with zero attached hydrogens (tertiary/aromatic N) is 3. The van der Waals surface area contributed by atoms with Crippen LogP contribution in [0, 0.1) is 11.8 Å². The fourth-order valence-electron chi connectivity index (χ4n) is 4.19. The van der Waals surface area contributed by atoms with E-state index in [1.807, 2.05) is 0 Å². The molecule has 0 aromatic carbocycles. The molecule has 0 bridgehead atoms. The summed E-state index contributed by atoms with van der Waals surface area (Å²) in [5, 5.41) is 0.